The highest BCUT2D eigenvalue weighted by molar-refractivity contribution is 5.97. The molecule has 1 aromatic carbocycles. The summed E-state index contributed by atoms with van der Waals surface area (Å²) >= 11 is 0. The van der Waals surface area contributed by atoms with Crippen LogP contribution in [0.1, 0.15) is 19.4 Å². The third-order valence-electron chi connectivity index (χ3n) is 4.01. The van der Waals surface area contributed by atoms with Crippen molar-refractivity contribution in [2.75, 3.05) is 42.0 Å². The molecule has 29 heavy (non-hydrogen) atoms. The predicted molar refractivity (Wildman–Crippen MR) is 98.0 cm³/mol. The third-order valence-corrected chi connectivity index (χ3v) is 4.01. The minimum atomic E-state index is -1.33. The van der Waals surface area contributed by atoms with Gasteiger partial charge in [-0.25, -0.2) is 0 Å². The summed E-state index contributed by atoms with van der Waals surface area (Å²) in [6, 6.07) is 1.55. The molecule has 0 aliphatic carbocycles. The van der Waals surface area contributed by atoms with Gasteiger partial charge in [0.2, 0.25) is 0 Å². The first-order valence-electron chi connectivity index (χ1n) is 8.75. The number of methoxy groups -OCH3 is 4. The Labute approximate surface area is 168 Å². The van der Waals surface area contributed by atoms with Crippen LogP contribution in [-0.2, 0) is 35.0 Å². The molecule has 162 valence electrons. The molecular weight excluding hydrogens is 388 g/mol. The van der Waals surface area contributed by atoms with Crippen molar-refractivity contribution in [2.45, 2.75) is 26.1 Å². The van der Waals surface area contributed by atoms with Crippen molar-refractivity contribution in [1.82, 2.24) is 0 Å². The van der Waals surface area contributed by atoms with Crippen LogP contribution in [0.25, 0.3) is 0 Å². The van der Waals surface area contributed by atoms with Gasteiger partial charge in [-0.2, -0.15) is 0 Å². The Morgan fingerprint density at radius 1 is 0.862 bits per heavy atom. The smallest absolute Gasteiger partial charge is 0.323 e. The summed E-state index contributed by atoms with van der Waals surface area (Å²) in [5.41, 5.74) is 0.355. The van der Waals surface area contributed by atoms with Gasteiger partial charge < -0.3 is 37.9 Å². The molecule has 1 saturated heterocycles. The Bertz CT molecular complexity index is 723. The number of hydrogen-bond donors (Lipinski definition) is 0. The highest BCUT2D eigenvalue weighted by Crippen LogP contribution is 2.46. The molecular formula is C19H26O10. The number of esters is 2. The molecule has 10 heteroatoms. The monoisotopic (exact) mass is 414 g/mol. The largest absolute Gasteiger partial charge is 0.493 e. The van der Waals surface area contributed by atoms with E-state index in [1.807, 2.05) is 0 Å². The fourth-order valence-electron chi connectivity index (χ4n) is 2.83. The second kappa shape index (κ2) is 9.66. The van der Waals surface area contributed by atoms with Crippen molar-refractivity contribution in [2.24, 2.45) is 5.92 Å². The molecule has 0 saturated carbocycles. The number of cyclic esters (lactones) is 2. The van der Waals surface area contributed by atoms with E-state index >= 15 is 0 Å². The first kappa shape index (κ1) is 22.6. The van der Waals surface area contributed by atoms with E-state index in [2.05, 4.69) is 0 Å². The fourth-order valence-corrected chi connectivity index (χ4v) is 2.83. The van der Waals surface area contributed by atoms with Gasteiger partial charge in [0, 0.05) is 46.1 Å². The molecule has 2 rings (SSSR count). The van der Waals surface area contributed by atoms with Crippen LogP contribution in [0.4, 0.5) is 0 Å². The fraction of sp³-hybridized carbons (Fsp3) is 0.579. The van der Waals surface area contributed by atoms with E-state index in [1.54, 1.807) is 6.07 Å². The summed E-state index contributed by atoms with van der Waals surface area (Å²) in [6.07, 6.45) is -0.128. The second-order valence-corrected chi connectivity index (χ2v) is 6.52. The van der Waals surface area contributed by atoms with Crippen LogP contribution in [0.15, 0.2) is 6.07 Å². The lowest BCUT2D eigenvalue weighted by Gasteiger charge is -2.33. The molecule has 0 spiro atoms. The number of carbonyl (C=O) groups excluding carboxylic acids is 2. The van der Waals surface area contributed by atoms with E-state index in [0.29, 0.717) is 11.3 Å². The molecule has 1 heterocycles. The highest BCUT2D eigenvalue weighted by atomic mass is 16.7. The van der Waals surface area contributed by atoms with Crippen LogP contribution >= 0.6 is 0 Å². The quantitative estimate of drug-likeness (QED) is 0.319. The molecule has 1 aromatic rings. The van der Waals surface area contributed by atoms with Crippen LogP contribution in [0.5, 0.6) is 23.0 Å². The van der Waals surface area contributed by atoms with Crippen molar-refractivity contribution in [3.63, 3.8) is 0 Å². The summed E-state index contributed by atoms with van der Waals surface area (Å²) in [6.45, 7) is 2.81. The standard InChI is InChI=1S/C19H26O10/c1-19(2)28-17(20)12(18(21)29-19)7-11-15(25-6)14(26-9-22-3)8-13(24-5)16(11)27-10-23-4/h8,12H,7,9-10H2,1-6H3. The number of ether oxygens (including phenoxy) is 8. The molecule has 0 radical (unpaired) electrons. The first-order valence-corrected chi connectivity index (χ1v) is 8.75. The first-order chi connectivity index (χ1) is 13.8. The van der Waals surface area contributed by atoms with Crippen LogP contribution in [0.3, 0.4) is 0 Å². The summed E-state index contributed by atoms with van der Waals surface area (Å²) in [5.74, 6) is -2.91. The molecule has 1 aliphatic heterocycles. The van der Waals surface area contributed by atoms with Crippen LogP contribution in [0.2, 0.25) is 0 Å². The Morgan fingerprint density at radius 2 is 1.45 bits per heavy atom. The lowest BCUT2D eigenvalue weighted by molar-refractivity contribution is -0.239. The maximum atomic E-state index is 12.4. The van der Waals surface area contributed by atoms with Gasteiger partial charge in [0.15, 0.2) is 42.5 Å². The van der Waals surface area contributed by atoms with Crippen LogP contribution < -0.4 is 18.9 Å². The molecule has 0 aromatic heterocycles. The molecule has 10 nitrogen and oxygen atoms in total. The minimum absolute atomic E-state index is 0.0566. The van der Waals surface area contributed by atoms with Gasteiger partial charge in [0.05, 0.1) is 14.2 Å². The van der Waals surface area contributed by atoms with Gasteiger partial charge in [0.1, 0.15) is 0 Å². The molecule has 0 N–H and O–H groups in total. The summed E-state index contributed by atoms with van der Waals surface area (Å²) in [7, 11) is 5.79. The summed E-state index contributed by atoms with van der Waals surface area (Å²) in [4.78, 5) is 24.9. The van der Waals surface area contributed by atoms with E-state index in [1.165, 1.54) is 42.3 Å². The van der Waals surface area contributed by atoms with Crippen LogP contribution in [-0.4, -0.2) is 59.8 Å². The Balaban J connectivity index is 2.53. The van der Waals surface area contributed by atoms with Gasteiger partial charge in [-0.1, -0.05) is 0 Å². The van der Waals surface area contributed by atoms with Gasteiger partial charge in [-0.05, 0) is 0 Å². The number of carbonyl (C=O) groups is 2. The maximum absolute atomic E-state index is 12.4. The van der Waals surface area contributed by atoms with Crippen molar-refractivity contribution in [1.29, 1.82) is 0 Å². The maximum Gasteiger partial charge on any atom is 0.323 e. The normalized spacial score (nSPS) is 16.1. The van der Waals surface area contributed by atoms with E-state index in [9.17, 15) is 9.59 Å². The highest BCUT2D eigenvalue weighted by Gasteiger charge is 2.44. The number of benzene rings is 1. The number of rotatable bonds is 10. The van der Waals surface area contributed by atoms with E-state index < -0.39 is 23.6 Å². The van der Waals surface area contributed by atoms with Gasteiger partial charge in [0.25, 0.3) is 5.79 Å². The molecule has 0 bridgehead atoms. The predicted octanol–water partition coefficient (Wildman–Crippen LogP) is 1.66. The third kappa shape index (κ3) is 5.21. The lowest BCUT2D eigenvalue weighted by Crippen LogP contribution is -2.47. The lowest BCUT2D eigenvalue weighted by atomic mass is 9.96. The van der Waals surface area contributed by atoms with Gasteiger partial charge >= 0.3 is 11.9 Å². The van der Waals surface area contributed by atoms with E-state index in [4.69, 9.17) is 37.9 Å². The van der Waals surface area contributed by atoms with E-state index in [-0.39, 0.29) is 37.3 Å². The second-order valence-electron chi connectivity index (χ2n) is 6.52. The molecule has 1 fully saturated rings. The van der Waals surface area contributed by atoms with Gasteiger partial charge in [-0.15, -0.1) is 0 Å². The molecule has 1 aliphatic rings. The SMILES string of the molecule is COCOc1cc(OC)c(OCOC)c(CC2C(=O)OC(C)(C)OC2=O)c1OC. The molecule has 0 atom stereocenters. The Kier molecular flexibility index (Phi) is 7.52. The zero-order valence-corrected chi connectivity index (χ0v) is 17.4. The summed E-state index contributed by atoms with van der Waals surface area (Å²) < 4.78 is 42.4. The Morgan fingerprint density at radius 3 is 1.97 bits per heavy atom. The topological polar surface area (TPSA) is 108 Å². The zero-order chi connectivity index (χ0) is 21.6. The average molecular weight is 414 g/mol. The zero-order valence-electron chi connectivity index (χ0n) is 17.4. The van der Waals surface area contributed by atoms with Crippen molar-refractivity contribution < 1.29 is 47.5 Å². The minimum Gasteiger partial charge on any atom is -0.493 e. The molecule has 0 amide bonds. The number of hydrogen-bond acceptors (Lipinski definition) is 10. The van der Waals surface area contributed by atoms with E-state index in [0.717, 1.165) is 0 Å². The summed E-state index contributed by atoms with van der Waals surface area (Å²) in [5, 5.41) is 0. The van der Waals surface area contributed by atoms with Gasteiger partial charge in [-0.3, -0.25) is 9.59 Å². The van der Waals surface area contributed by atoms with Crippen LogP contribution in [0, 0.1) is 5.92 Å². The van der Waals surface area contributed by atoms with Crippen molar-refractivity contribution >= 4 is 11.9 Å². The Hall–Kier alpha value is -2.72. The molecule has 0 unspecified atom stereocenters. The average Bonchev–Trinajstić information content (AvgIpc) is 2.66. The van der Waals surface area contributed by atoms with Crippen molar-refractivity contribution in [3.05, 3.63) is 11.6 Å². The van der Waals surface area contributed by atoms with Crippen molar-refractivity contribution in [3.8, 4) is 23.0 Å².